The van der Waals surface area contributed by atoms with Crippen molar-refractivity contribution >= 4 is 11.3 Å². The fourth-order valence-electron chi connectivity index (χ4n) is 0.591. The normalized spacial score (nSPS) is 13.6. The molecule has 1 aromatic rings. The van der Waals surface area contributed by atoms with Crippen LogP contribution < -0.4 is 5.73 Å². The highest BCUT2D eigenvalue weighted by Gasteiger charge is 2.01. The van der Waals surface area contributed by atoms with Crippen LogP contribution in [-0.4, -0.2) is 11.7 Å². The molecule has 0 saturated heterocycles. The molecule has 0 saturated carbocycles. The molecule has 0 aliphatic carbocycles. The van der Waals surface area contributed by atoms with Gasteiger partial charge >= 0.3 is 0 Å². The van der Waals surface area contributed by atoms with Crippen LogP contribution in [0.4, 0.5) is 0 Å². The van der Waals surface area contributed by atoms with Gasteiger partial charge in [-0.25, -0.2) is 0 Å². The Hall–Kier alpha value is -0.380. The fourth-order valence-corrected chi connectivity index (χ4v) is 1.32. The largest absolute Gasteiger partial charge is 0.394 e. The van der Waals surface area contributed by atoms with Gasteiger partial charge in [0.25, 0.3) is 0 Å². The zero-order chi connectivity index (χ0) is 6.69. The molecule has 0 radical (unpaired) electrons. The Balaban J connectivity index is 2.65. The lowest BCUT2D eigenvalue weighted by molar-refractivity contribution is 0.268. The van der Waals surface area contributed by atoms with Gasteiger partial charge in [0.2, 0.25) is 0 Å². The van der Waals surface area contributed by atoms with Crippen LogP contribution in [0.15, 0.2) is 16.8 Å². The van der Waals surface area contributed by atoms with Crippen LogP contribution in [0.3, 0.4) is 0 Å². The van der Waals surface area contributed by atoms with Gasteiger partial charge in [-0.3, -0.25) is 0 Å². The second-order valence-corrected chi connectivity index (χ2v) is 2.63. The quantitative estimate of drug-likeness (QED) is 0.641. The Kier molecular flexibility index (Phi) is 2.22. The zero-order valence-electron chi connectivity index (χ0n) is 4.95. The summed E-state index contributed by atoms with van der Waals surface area (Å²) in [6, 6.07) is 1.72. The van der Waals surface area contributed by atoms with Gasteiger partial charge in [0, 0.05) is 0 Å². The summed E-state index contributed by atoms with van der Waals surface area (Å²) in [6.45, 7) is 0.0245. The molecule has 1 heterocycles. The molecule has 1 rings (SSSR count). The molecule has 0 aromatic carbocycles. The molecule has 1 unspecified atom stereocenters. The zero-order valence-corrected chi connectivity index (χ0v) is 5.77. The Morgan fingerprint density at radius 2 is 2.56 bits per heavy atom. The van der Waals surface area contributed by atoms with Crippen molar-refractivity contribution in [3.63, 3.8) is 0 Å². The van der Waals surface area contributed by atoms with Crippen molar-refractivity contribution in [1.29, 1.82) is 0 Å². The predicted molar refractivity (Wildman–Crippen MR) is 38.3 cm³/mol. The van der Waals surface area contributed by atoms with Crippen molar-refractivity contribution in [3.8, 4) is 0 Å². The van der Waals surface area contributed by atoms with E-state index in [9.17, 15) is 0 Å². The van der Waals surface area contributed by atoms with Crippen molar-refractivity contribution in [3.05, 3.63) is 22.4 Å². The summed E-state index contributed by atoms with van der Waals surface area (Å²) in [5.41, 5.74) is 6.51. The first-order valence-electron chi connectivity index (χ1n) is 2.73. The topological polar surface area (TPSA) is 46.2 Å². The molecule has 1 atom stereocenters. The minimum absolute atomic E-state index is 0.0245. The Morgan fingerprint density at radius 3 is 3.00 bits per heavy atom. The summed E-state index contributed by atoms with van der Waals surface area (Å²) in [4.78, 5) is 0. The van der Waals surface area contributed by atoms with E-state index in [1.807, 2.05) is 16.8 Å². The molecular weight excluding hydrogens is 134 g/mol. The van der Waals surface area contributed by atoms with E-state index < -0.39 is 0 Å². The van der Waals surface area contributed by atoms with Crippen LogP contribution in [0.2, 0.25) is 0 Å². The van der Waals surface area contributed by atoms with E-state index in [4.69, 9.17) is 10.8 Å². The fraction of sp³-hybridized carbons (Fsp3) is 0.333. The van der Waals surface area contributed by atoms with Crippen molar-refractivity contribution in [2.24, 2.45) is 5.73 Å². The lowest BCUT2D eigenvalue weighted by Gasteiger charge is -2.02. The molecule has 0 amide bonds. The maximum atomic E-state index is 8.59. The molecule has 0 bridgehead atoms. The summed E-state index contributed by atoms with van der Waals surface area (Å²) in [5.74, 6) is 0. The molecule has 0 aliphatic rings. The lowest BCUT2D eigenvalue weighted by atomic mass is 10.2. The van der Waals surface area contributed by atoms with Gasteiger partial charge in [-0.15, -0.1) is 0 Å². The predicted octanol–water partition coefficient (Wildman–Crippen LogP) is 0.740. The van der Waals surface area contributed by atoms with Crippen LogP contribution in [0, 0.1) is 0 Å². The van der Waals surface area contributed by atoms with Crippen molar-refractivity contribution in [1.82, 2.24) is 0 Å². The average molecular weight is 143 g/mol. The number of aliphatic hydroxyl groups is 1. The second kappa shape index (κ2) is 2.96. The van der Waals surface area contributed by atoms with E-state index in [0.29, 0.717) is 0 Å². The van der Waals surface area contributed by atoms with Crippen molar-refractivity contribution in [2.45, 2.75) is 6.04 Å². The van der Waals surface area contributed by atoms with Gasteiger partial charge in [0.15, 0.2) is 0 Å². The van der Waals surface area contributed by atoms with Gasteiger partial charge in [-0.2, -0.15) is 11.3 Å². The lowest BCUT2D eigenvalue weighted by Crippen LogP contribution is -2.13. The number of hydrogen-bond donors (Lipinski definition) is 2. The van der Waals surface area contributed by atoms with E-state index in [1.165, 1.54) is 0 Å². The van der Waals surface area contributed by atoms with Crippen LogP contribution in [-0.2, 0) is 0 Å². The third kappa shape index (κ3) is 1.51. The number of aliphatic hydroxyl groups excluding tert-OH is 1. The molecule has 0 aliphatic heterocycles. The number of rotatable bonds is 2. The molecule has 0 spiro atoms. The molecule has 50 valence electrons. The summed E-state index contributed by atoms with van der Waals surface area (Å²) in [5, 5.41) is 12.5. The first kappa shape index (κ1) is 6.74. The second-order valence-electron chi connectivity index (χ2n) is 1.85. The van der Waals surface area contributed by atoms with E-state index in [0.717, 1.165) is 5.56 Å². The Labute approximate surface area is 57.9 Å². The molecule has 0 fully saturated rings. The highest BCUT2D eigenvalue weighted by atomic mass is 32.1. The number of thiophene rings is 1. The smallest absolute Gasteiger partial charge is 0.0624 e. The Bertz CT molecular complexity index is 162. The SMILES string of the molecule is NC(CO)c1ccsc1. The summed E-state index contributed by atoms with van der Waals surface area (Å²) >= 11 is 1.59. The van der Waals surface area contributed by atoms with Crippen molar-refractivity contribution < 1.29 is 5.11 Å². The third-order valence-corrected chi connectivity index (χ3v) is 1.87. The van der Waals surface area contributed by atoms with Crippen molar-refractivity contribution in [2.75, 3.05) is 6.61 Å². The summed E-state index contributed by atoms with van der Waals surface area (Å²) in [6.07, 6.45) is 0. The van der Waals surface area contributed by atoms with Crippen LogP contribution >= 0.6 is 11.3 Å². The van der Waals surface area contributed by atoms with E-state index in [-0.39, 0.29) is 12.6 Å². The molecule has 9 heavy (non-hydrogen) atoms. The maximum absolute atomic E-state index is 8.59. The molecule has 3 N–H and O–H groups in total. The van der Waals surface area contributed by atoms with Gasteiger partial charge in [0.05, 0.1) is 12.6 Å². The van der Waals surface area contributed by atoms with E-state index in [2.05, 4.69) is 0 Å². The molecule has 3 heteroatoms. The first-order valence-corrected chi connectivity index (χ1v) is 3.67. The van der Waals surface area contributed by atoms with Crippen LogP contribution in [0.1, 0.15) is 11.6 Å². The maximum Gasteiger partial charge on any atom is 0.0624 e. The van der Waals surface area contributed by atoms with E-state index >= 15 is 0 Å². The van der Waals surface area contributed by atoms with Gasteiger partial charge < -0.3 is 10.8 Å². The van der Waals surface area contributed by atoms with Gasteiger partial charge in [-0.1, -0.05) is 0 Å². The third-order valence-electron chi connectivity index (χ3n) is 1.17. The van der Waals surface area contributed by atoms with E-state index in [1.54, 1.807) is 11.3 Å². The summed E-state index contributed by atoms with van der Waals surface area (Å²) in [7, 11) is 0. The number of hydrogen-bond acceptors (Lipinski definition) is 3. The average Bonchev–Trinajstić information content (AvgIpc) is 2.37. The standard InChI is InChI=1S/C6H9NOS/c7-6(3-8)5-1-2-9-4-5/h1-2,4,6,8H,3,7H2. The minimum atomic E-state index is -0.198. The number of nitrogens with two attached hydrogens (primary N) is 1. The summed E-state index contributed by atoms with van der Waals surface area (Å²) < 4.78 is 0. The molecular formula is C6H9NOS. The minimum Gasteiger partial charge on any atom is -0.394 e. The van der Waals surface area contributed by atoms with Gasteiger partial charge in [0.1, 0.15) is 0 Å². The molecule has 2 nitrogen and oxygen atoms in total. The van der Waals surface area contributed by atoms with Crippen LogP contribution in [0.5, 0.6) is 0 Å². The monoisotopic (exact) mass is 143 g/mol. The van der Waals surface area contributed by atoms with Crippen LogP contribution in [0.25, 0.3) is 0 Å². The Morgan fingerprint density at radius 1 is 1.78 bits per heavy atom. The molecule has 1 aromatic heterocycles. The highest BCUT2D eigenvalue weighted by molar-refractivity contribution is 7.07. The highest BCUT2D eigenvalue weighted by Crippen LogP contribution is 2.12. The first-order chi connectivity index (χ1) is 4.34. The van der Waals surface area contributed by atoms with Gasteiger partial charge in [-0.05, 0) is 22.4 Å².